The number of hydrogen-bond acceptors (Lipinski definition) is 5. The lowest BCUT2D eigenvalue weighted by molar-refractivity contribution is -0.116. The number of amides is 1. The highest BCUT2D eigenvalue weighted by Gasteiger charge is 2.10. The lowest BCUT2D eigenvalue weighted by atomic mass is 10.2. The molecule has 0 saturated heterocycles. The number of nitrogens with one attached hydrogen (secondary N) is 1. The van der Waals surface area contributed by atoms with Crippen LogP contribution in [0.5, 0.6) is 11.5 Å². The standard InChI is InChI=1S/C20H26N2O3S/c1-22(14-15-9-10-17(24-2)18(13-15)25-3)12-11-20(23)21-16-7-5-6-8-19(16)26-4/h5-10,13H,11-12,14H2,1-4H3,(H,21,23). The number of anilines is 1. The van der Waals surface area contributed by atoms with Gasteiger partial charge in [-0.25, -0.2) is 0 Å². The Morgan fingerprint density at radius 2 is 1.85 bits per heavy atom. The van der Waals surface area contributed by atoms with Crippen molar-refractivity contribution in [2.24, 2.45) is 0 Å². The van der Waals surface area contributed by atoms with E-state index in [9.17, 15) is 4.79 Å². The topological polar surface area (TPSA) is 50.8 Å². The molecule has 0 aliphatic rings. The number of nitrogens with zero attached hydrogens (tertiary/aromatic N) is 1. The van der Waals surface area contributed by atoms with Crippen LogP contribution >= 0.6 is 11.8 Å². The molecule has 0 aliphatic carbocycles. The van der Waals surface area contributed by atoms with Crippen LogP contribution in [0.3, 0.4) is 0 Å². The molecule has 0 saturated carbocycles. The lowest BCUT2D eigenvalue weighted by Gasteiger charge is -2.18. The summed E-state index contributed by atoms with van der Waals surface area (Å²) in [4.78, 5) is 15.4. The van der Waals surface area contributed by atoms with Crippen molar-refractivity contribution < 1.29 is 14.3 Å². The third-order valence-corrected chi connectivity index (χ3v) is 4.80. The van der Waals surface area contributed by atoms with E-state index in [-0.39, 0.29) is 5.91 Å². The molecule has 2 rings (SSSR count). The highest BCUT2D eigenvalue weighted by molar-refractivity contribution is 7.98. The fourth-order valence-corrected chi connectivity index (χ4v) is 3.18. The van der Waals surface area contributed by atoms with Gasteiger partial charge in [0.15, 0.2) is 11.5 Å². The van der Waals surface area contributed by atoms with Gasteiger partial charge >= 0.3 is 0 Å². The third-order valence-electron chi connectivity index (χ3n) is 4.00. The summed E-state index contributed by atoms with van der Waals surface area (Å²) in [5.41, 5.74) is 1.98. The van der Waals surface area contributed by atoms with E-state index < -0.39 is 0 Å². The van der Waals surface area contributed by atoms with Crippen molar-refractivity contribution >= 4 is 23.4 Å². The summed E-state index contributed by atoms with van der Waals surface area (Å²) >= 11 is 1.62. The molecule has 1 N–H and O–H groups in total. The van der Waals surface area contributed by atoms with E-state index in [0.717, 1.165) is 22.7 Å². The summed E-state index contributed by atoms with van der Waals surface area (Å²) < 4.78 is 10.6. The molecular weight excluding hydrogens is 348 g/mol. The summed E-state index contributed by atoms with van der Waals surface area (Å²) in [5, 5.41) is 2.99. The predicted molar refractivity (Wildman–Crippen MR) is 107 cm³/mol. The van der Waals surface area contributed by atoms with Gasteiger partial charge in [-0.1, -0.05) is 18.2 Å². The number of carbonyl (C=O) groups excluding carboxylic acids is 1. The molecule has 6 heteroatoms. The van der Waals surface area contributed by atoms with Gasteiger partial charge in [-0.15, -0.1) is 11.8 Å². The maximum atomic E-state index is 12.2. The molecule has 0 radical (unpaired) electrons. The molecule has 0 fully saturated rings. The molecule has 0 aliphatic heterocycles. The third kappa shape index (κ3) is 5.68. The minimum atomic E-state index is 0.0191. The Bertz CT molecular complexity index is 737. The minimum Gasteiger partial charge on any atom is -0.493 e. The monoisotopic (exact) mass is 374 g/mol. The van der Waals surface area contributed by atoms with Crippen molar-refractivity contribution in [3.8, 4) is 11.5 Å². The normalized spacial score (nSPS) is 10.7. The van der Waals surface area contributed by atoms with E-state index in [2.05, 4.69) is 10.2 Å². The molecule has 1 amide bonds. The molecule has 0 spiro atoms. The predicted octanol–water partition coefficient (Wildman–Crippen LogP) is 3.89. The van der Waals surface area contributed by atoms with Crippen molar-refractivity contribution in [2.75, 3.05) is 39.4 Å². The zero-order valence-electron chi connectivity index (χ0n) is 15.7. The first kappa shape index (κ1) is 20.1. The van der Waals surface area contributed by atoms with Crippen LogP contribution in [-0.4, -0.2) is 44.9 Å². The fourth-order valence-electron chi connectivity index (χ4n) is 2.62. The number of rotatable bonds is 9. The molecule has 2 aromatic rings. The number of thioether (sulfide) groups is 1. The number of carbonyl (C=O) groups is 1. The molecule has 5 nitrogen and oxygen atoms in total. The molecule has 0 bridgehead atoms. The van der Waals surface area contributed by atoms with E-state index >= 15 is 0 Å². The molecule has 0 atom stereocenters. The van der Waals surface area contributed by atoms with Gasteiger partial charge < -0.3 is 19.7 Å². The SMILES string of the molecule is COc1ccc(CN(C)CCC(=O)Nc2ccccc2SC)cc1OC. The van der Waals surface area contributed by atoms with Gasteiger partial charge in [0, 0.05) is 24.4 Å². The largest absolute Gasteiger partial charge is 0.493 e. The Morgan fingerprint density at radius 1 is 1.12 bits per heavy atom. The van der Waals surface area contributed by atoms with Crippen molar-refractivity contribution in [3.63, 3.8) is 0 Å². The van der Waals surface area contributed by atoms with Gasteiger partial charge in [0.1, 0.15) is 0 Å². The second-order valence-electron chi connectivity index (χ2n) is 5.93. The first-order chi connectivity index (χ1) is 12.6. The molecule has 0 heterocycles. The van der Waals surface area contributed by atoms with E-state index in [4.69, 9.17) is 9.47 Å². The van der Waals surface area contributed by atoms with E-state index in [1.165, 1.54) is 0 Å². The summed E-state index contributed by atoms with van der Waals surface area (Å²) in [6.07, 6.45) is 2.44. The van der Waals surface area contributed by atoms with Crippen LogP contribution < -0.4 is 14.8 Å². The van der Waals surface area contributed by atoms with Crippen molar-refractivity contribution in [1.82, 2.24) is 4.90 Å². The van der Waals surface area contributed by atoms with E-state index in [0.29, 0.717) is 24.5 Å². The quantitative estimate of drug-likeness (QED) is 0.675. The maximum absolute atomic E-state index is 12.2. The van der Waals surface area contributed by atoms with E-state index in [1.54, 1.807) is 26.0 Å². The molecule has 26 heavy (non-hydrogen) atoms. The summed E-state index contributed by atoms with van der Waals surface area (Å²) in [5.74, 6) is 1.45. The second kappa shape index (κ2) is 10.1. The van der Waals surface area contributed by atoms with Gasteiger partial charge in [-0.2, -0.15) is 0 Å². The molecule has 0 unspecified atom stereocenters. The van der Waals surface area contributed by atoms with Gasteiger partial charge in [-0.3, -0.25) is 4.79 Å². The number of ether oxygens (including phenoxy) is 2. The Labute approximate surface area is 159 Å². The summed E-state index contributed by atoms with van der Waals surface area (Å²) in [6, 6.07) is 13.7. The van der Waals surface area contributed by atoms with Gasteiger partial charge in [0.2, 0.25) is 5.91 Å². The first-order valence-corrected chi connectivity index (χ1v) is 9.62. The average Bonchev–Trinajstić information content (AvgIpc) is 2.66. The summed E-state index contributed by atoms with van der Waals surface area (Å²) in [6.45, 7) is 1.40. The maximum Gasteiger partial charge on any atom is 0.225 e. The van der Waals surface area contributed by atoms with Crippen LogP contribution in [0.25, 0.3) is 0 Å². The lowest BCUT2D eigenvalue weighted by Crippen LogP contribution is -2.24. The van der Waals surface area contributed by atoms with Crippen LogP contribution in [0.1, 0.15) is 12.0 Å². The van der Waals surface area contributed by atoms with Gasteiger partial charge in [0.25, 0.3) is 0 Å². The number of hydrogen-bond donors (Lipinski definition) is 1. The minimum absolute atomic E-state index is 0.0191. The highest BCUT2D eigenvalue weighted by atomic mass is 32.2. The van der Waals surface area contributed by atoms with Gasteiger partial charge in [0.05, 0.1) is 19.9 Å². The Morgan fingerprint density at radius 3 is 2.54 bits per heavy atom. The number of para-hydroxylation sites is 1. The number of methoxy groups -OCH3 is 2. The Hall–Kier alpha value is -2.18. The van der Waals surface area contributed by atoms with Gasteiger partial charge in [-0.05, 0) is 43.1 Å². The van der Waals surface area contributed by atoms with Crippen molar-refractivity contribution in [3.05, 3.63) is 48.0 Å². The second-order valence-corrected chi connectivity index (χ2v) is 6.77. The van der Waals surface area contributed by atoms with E-state index in [1.807, 2.05) is 55.8 Å². The fraction of sp³-hybridized carbons (Fsp3) is 0.350. The first-order valence-electron chi connectivity index (χ1n) is 8.39. The highest BCUT2D eigenvalue weighted by Crippen LogP contribution is 2.28. The molecule has 2 aromatic carbocycles. The Balaban J connectivity index is 1.86. The van der Waals surface area contributed by atoms with Crippen LogP contribution in [0.15, 0.2) is 47.4 Å². The summed E-state index contributed by atoms with van der Waals surface area (Å²) in [7, 11) is 5.25. The molecular formula is C20H26N2O3S. The molecule has 140 valence electrons. The van der Waals surface area contributed by atoms with Crippen LogP contribution in [0, 0.1) is 0 Å². The average molecular weight is 375 g/mol. The zero-order valence-corrected chi connectivity index (χ0v) is 16.6. The zero-order chi connectivity index (χ0) is 18.9. The van der Waals surface area contributed by atoms with Crippen LogP contribution in [0.2, 0.25) is 0 Å². The van der Waals surface area contributed by atoms with Crippen LogP contribution in [-0.2, 0) is 11.3 Å². The Kier molecular flexibility index (Phi) is 7.81. The smallest absolute Gasteiger partial charge is 0.225 e. The van der Waals surface area contributed by atoms with Crippen molar-refractivity contribution in [1.29, 1.82) is 0 Å². The van der Waals surface area contributed by atoms with Crippen molar-refractivity contribution in [2.45, 2.75) is 17.9 Å². The molecule has 0 aromatic heterocycles. The van der Waals surface area contributed by atoms with Crippen LogP contribution in [0.4, 0.5) is 5.69 Å². The number of benzene rings is 2.